The van der Waals surface area contributed by atoms with E-state index in [4.69, 9.17) is 0 Å². The van der Waals surface area contributed by atoms with Crippen molar-refractivity contribution >= 4 is 11.7 Å². The van der Waals surface area contributed by atoms with Crippen LogP contribution < -0.4 is 10.6 Å². The van der Waals surface area contributed by atoms with E-state index in [1.54, 1.807) is 24.3 Å². The van der Waals surface area contributed by atoms with E-state index in [1.807, 2.05) is 18.2 Å². The molecule has 4 nitrogen and oxygen atoms in total. The van der Waals surface area contributed by atoms with E-state index in [9.17, 15) is 18.7 Å². The van der Waals surface area contributed by atoms with Gasteiger partial charge in [-0.25, -0.2) is 13.6 Å². The number of urea groups is 1. The molecule has 3 N–H and O–H groups in total. The number of halogens is 2. The van der Waals surface area contributed by atoms with E-state index < -0.39 is 11.6 Å². The third kappa shape index (κ3) is 4.33. The number of aryl methyl sites for hydroxylation is 1. The Labute approximate surface area is 173 Å². The fourth-order valence-corrected chi connectivity index (χ4v) is 3.80. The lowest BCUT2D eigenvalue weighted by Crippen LogP contribution is -2.29. The molecule has 1 aliphatic carbocycles. The van der Waals surface area contributed by atoms with Gasteiger partial charge in [0.1, 0.15) is 11.6 Å². The number of nitrogens with one attached hydrogen (secondary N) is 2. The van der Waals surface area contributed by atoms with Crippen LogP contribution in [0, 0.1) is 11.6 Å². The summed E-state index contributed by atoms with van der Waals surface area (Å²) in [5.74, 6) is -1.23. The molecule has 0 aliphatic heterocycles. The highest BCUT2D eigenvalue weighted by molar-refractivity contribution is 5.90. The standard InChI is InChI=1S/C24H22F2N2O2/c25-20-4-2-5-21(26)23(20)17-9-7-15(8-10-17)14-27-24(30)28-22-6-1-3-16-11-12-18(29)13-19(16)22/h1-10,18,29H,11-14H2,(H2,27,28,30). The number of aliphatic hydroxyl groups excluding tert-OH is 1. The summed E-state index contributed by atoms with van der Waals surface area (Å²) in [6.45, 7) is 0.267. The van der Waals surface area contributed by atoms with E-state index >= 15 is 0 Å². The highest BCUT2D eigenvalue weighted by Crippen LogP contribution is 2.28. The zero-order chi connectivity index (χ0) is 21.1. The van der Waals surface area contributed by atoms with E-state index in [0.29, 0.717) is 17.7 Å². The Morgan fingerprint density at radius 2 is 1.70 bits per heavy atom. The Morgan fingerprint density at radius 1 is 1.00 bits per heavy atom. The van der Waals surface area contributed by atoms with Gasteiger partial charge < -0.3 is 15.7 Å². The van der Waals surface area contributed by atoms with Crippen LogP contribution in [0.1, 0.15) is 23.1 Å². The van der Waals surface area contributed by atoms with Crippen molar-refractivity contribution in [2.24, 2.45) is 0 Å². The number of benzene rings is 3. The van der Waals surface area contributed by atoms with Crippen LogP contribution in [-0.4, -0.2) is 17.2 Å². The smallest absolute Gasteiger partial charge is 0.319 e. The van der Waals surface area contributed by atoms with Crippen molar-refractivity contribution in [3.8, 4) is 11.1 Å². The molecule has 2 amide bonds. The normalized spacial score (nSPS) is 15.4. The quantitative estimate of drug-likeness (QED) is 0.581. The molecule has 154 valence electrons. The van der Waals surface area contributed by atoms with Gasteiger partial charge >= 0.3 is 6.03 Å². The number of amides is 2. The summed E-state index contributed by atoms with van der Waals surface area (Å²) in [4.78, 5) is 12.3. The SMILES string of the molecule is O=C(NCc1ccc(-c2c(F)cccc2F)cc1)Nc1cccc2c1CC(O)CC2. The number of fused-ring (bicyclic) bond motifs is 1. The molecular weight excluding hydrogens is 386 g/mol. The van der Waals surface area contributed by atoms with E-state index in [0.717, 1.165) is 29.5 Å². The highest BCUT2D eigenvalue weighted by Gasteiger charge is 2.20. The fourth-order valence-electron chi connectivity index (χ4n) is 3.80. The molecule has 0 heterocycles. The molecule has 30 heavy (non-hydrogen) atoms. The lowest BCUT2D eigenvalue weighted by molar-refractivity contribution is 0.159. The Balaban J connectivity index is 1.39. The summed E-state index contributed by atoms with van der Waals surface area (Å²) < 4.78 is 27.8. The molecule has 3 aromatic rings. The van der Waals surface area contributed by atoms with Crippen molar-refractivity contribution in [1.82, 2.24) is 5.32 Å². The van der Waals surface area contributed by atoms with Gasteiger partial charge in [0.15, 0.2) is 0 Å². The summed E-state index contributed by atoms with van der Waals surface area (Å²) in [6, 6.07) is 15.9. The molecule has 1 unspecified atom stereocenters. The molecule has 0 aromatic heterocycles. The van der Waals surface area contributed by atoms with Gasteiger partial charge in [-0.2, -0.15) is 0 Å². The molecule has 0 saturated carbocycles. The zero-order valence-corrected chi connectivity index (χ0v) is 16.3. The summed E-state index contributed by atoms with van der Waals surface area (Å²) in [5, 5.41) is 15.6. The highest BCUT2D eigenvalue weighted by atomic mass is 19.1. The molecule has 0 bridgehead atoms. The van der Waals surface area contributed by atoms with Crippen LogP contribution in [0.2, 0.25) is 0 Å². The van der Waals surface area contributed by atoms with Crippen LogP contribution in [0.3, 0.4) is 0 Å². The van der Waals surface area contributed by atoms with Crippen LogP contribution in [0.4, 0.5) is 19.3 Å². The summed E-state index contributed by atoms with van der Waals surface area (Å²) >= 11 is 0. The molecule has 0 fully saturated rings. The predicted molar refractivity (Wildman–Crippen MR) is 112 cm³/mol. The summed E-state index contributed by atoms with van der Waals surface area (Å²) in [6.07, 6.45) is 1.67. The number of carbonyl (C=O) groups excluding carboxylic acids is 1. The number of aliphatic hydroxyl groups is 1. The molecule has 4 rings (SSSR count). The Morgan fingerprint density at radius 3 is 2.43 bits per heavy atom. The van der Waals surface area contributed by atoms with Crippen LogP contribution in [0.5, 0.6) is 0 Å². The largest absolute Gasteiger partial charge is 0.393 e. The summed E-state index contributed by atoms with van der Waals surface area (Å²) in [5.41, 5.74) is 4.00. The molecule has 3 aromatic carbocycles. The third-order valence-electron chi connectivity index (χ3n) is 5.37. The van der Waals surface area contributed by atoms with Crippen molar-refractivity contribution in [3.63, 3.8) is 0 Å². The second-order valence-electron chi connectivity index (χ2n) is 7.44. The van der Waals surface area contributed by atoms with Gasteiger partial charge in [-0.3, -0.25) is 0 Å². The van der Waals surface area contributed by atoms with Gasteiger partial charge in [0.2, 0.25) is 0 Å². The van der Waals surface area contributed by atoms with Gasteiger partial charge in [-0.1, -0.05) is 42.5 Å². The number of hydrogen-bond acceptors (Lipinski definition) is 2. The average Bonchev–Trinajstić information content (AvgIpc) is 2.73. The number of rotatable bonds is 4. The van der Waals surface area contributed by atoms with Crippen molar-refractivity contribution in [3.05, 3.63) is 89.0 Å². The van der Waals surface area contributed by atoms with Crippen molar-refractivity contribution in [2.45, 2.75) is 31.9 Å². The van der Waals surface area contributed by atoms with Crippen LogP contribution >= 0.6 is 0 Å². The first kappa shape index (κ1) is 20.0. The Hall–Kier alpha value is -3.25. The maximum atomic E-state index is 13.9. The maximum absolute atomic E-state index is 13.9. The first-order valence-electron chi connectivity index (χ1n) is 9.88. The molecule has 1 atom stereocenters. The topological polar surface area (TPSA) is 61.4 Å². The van der Waals surface area contributed by atoms with Crippen LogP contribution in [0.25, 0.3) is 11.1 Å². The molecule has 0 spiro atoms. The second kappa shape index (κ2) is 8.63. The Kier molecular flexibility index (Phi) is 5.77. The molecule has 0 radical (unpaired) electrons. The zero-order valence-electron chi connectivity index (χ0n) is 16.3. The minimum absolute atomic E-state index is 0.0641. The number of anilines is 1. The minimum Gasteiger partial charge on any atom is -0.393 e. The van der Waals surface area contributed by atoms with Gasteiger partial charge in [-0.15, -0.1) is 0 Å². The van der Waals surface area contributed by atoms with Crippen molar-refractivity contribution in [1.29, 1.82) is 0 Å². The van der Waals surface area contributed by atoms with E-state index in [-0.39, 0.29) is 24.2 Å². The molecular formula is C24H22F2N2O2. The fraction of sp³-hybridized carbons (Fsp3) is 0.208. The van der Waals surface area contributed by atoms with E-state index in [2.05, 4.69) is 10.6 Å². The minimum atomic E-state index is -0.614. The van der Waals surface area contributed by atoms with Gasteiger partial charge in [0, 0.05) is 18.7 Å². The predicted octanol–water partition coefficient (Wildman–Crippen LogP) is 4.80. The second-order valence-corrected chi connectivity index (χ2v) is 7.44. The molecule has 6 heteroatoms. The number of hydrogen-bond donors (Lipinski definition) is 3. The van der Waals surface area contributed by atoms with Gasteiger partial charge in [-0.05, 0) is 53.3 Å². The average molecular weight is 408 g/mol. The van der Waals surface area contributed by atoms with Crippen molar-refractivity contribution in [2.75, 3.05) is 5.32 Å². The maximum Gasteiger partial charge on any atom is 0.319 e. The lowest BCUT2D eigenvalue weighted by Gasteiger charge is -2.23. The number of carbonyl (C=O) groups is 1. The van der Waals surface area contributed by atoms with Crippen molar-refractivity contribution < 1.29 is 18.7 Å². The lowest BCUT2D eigenvalue weighted by atomic mass is 9.88. The first-order chi connectivity index (χ1) is 14.5. The monoisotopic (exact) mass is 408 g/mol. The summed E-state index contributed by atoms with van der Waals surface area (Å²) in [7, 11) is 0. The molecule has 0 saturated heterocycles. The van der Waals surface area contributed by atoms with Gasteiger partial charge in [0.05, 0.1) is 11.7 Å². The van der Waals surface area contributed by atoms with Crippen LogP contribution in [-0.2, 0) is 19.4 Å². The van der Waals surface area contributed by atoms with E-state index in [1.165, 1.54) is 18.2 Å². The van der Waals surface area contributed by atoms with Gasteiger partial charge in [0.25, 0.3) is 0 Å². The molecule has 1 aliphatic rings. The Bertz CT molecular complexity index is 1050. The first-order valence-corrected chi connectivity index (χ1v) is 9.88. The van der Waals surface area contributed by atoms with Crippen LogP contribution in [0.15, 0.2) is 60.7 Å². The third-order valence-corrected chi connectivity index (χ3v) is 5.37.